The molecule has 1 aromatic carbocycles. The molecular weight excluding hydrogens is 308 g/mol. The lowest BCUT2D eigenvalue weighted by molar-refractivity contribution is -0.114. The summed E-state index contributed by atoms with van der Waals surface area (Å²) in [5, 5.41) is 3.10. The van der Waals surface area contributed by atoms with E-state index in [1.165, 1.54) is 0 Å². The summed E-state index contributed by atoms with van der Waals surface area (Å²) in [6, 6.07) is 5.67. The Morgan fingerprint density at radius 1 is 1.29 bits per heavy atom. The molecule has 24 heavy (non-hydrogen) atoms. The quantitative estimate of drug-likeness (QED) is 0.832. The number of benzene rings is 1. The molecule has 1 aliphatic carbocycles. The number of nitrogens with one attached hydrogen (secondary N) is 1. The molecule has 1 unspecified atom stereocenters. The van der Waals surface area contributed by atoms with Gasteiger partial charge < -0.3 is 25.3 Å². The highest BCUT2D eigenvalue weighted by Crippen LogP contribution is 2.29. The Hall–Kier alpha value is -2.89. The normalized spacial score (nSPS) is 18.6. The fraction of sp³-hybridized carbons (Fsp3) is 0.278. The van der Waals surface area contributed by atoms with Crippen LogP contribution in [0.15, 0.2) is 53.5 Å². The van der Waals surface area contributed by atoms with Crippen LogP contribution >= 0.6 is 0 Å². The maximum atomic E-state index is 11.3. The summed E-state index contributed by atoms with van der Waals surface area (Å²) in [4.78, 5) is 11.3. The van der Waals surface area contributed by atoms with Crippen LogP contribution in [-0.2, 0) is 16.1 Å². The van der Waals surface area contributed by atoms with E-state index in [0.29, 0.717) is 12.3 Å². The number of ether oxygens (including phenoxy) is 3. The lowest BCUT2D eigenvalue weighted by Crippen LogP contribution is -2.30. The summed E-state index contributed by atoms with van der Waals surface area (Å²) in [6.45, 7) is 0.362. The van der Waals surface area contributed by atoms with E-state index in [0.717, 1.165) is 34.8 Å². The van der Waals surface area contributed by atoms with Gasteiger partial charge in [-0.3, -0.25) is 4.79 Å². The maximum absolute atomic E-state index is 11.3. The second-order valence-corrected chi connectivity index (χ2v) is 5.57. The van der Waals surface area contributed by atoms with Gasteiger partial charge in [0.05, 0.1) is 20.3 Å². The Bertz CT molecular complexity index is 749. The molecule has 1 aliphatic heterocycles. The van der Waals surface area contributed by atoms with E-state index >= 15 is 0 Å². The minimum Gasteiger partial charge on any atom is -0.497 e. The standard InChI is InChI=1S/C18H20N2O4/c1-22-13-4-6-17(23-2)12(8-13)10-24-14-3-5-15-11(7-14)9-16(20-15)18(19)21/h3-4,6-9,15,20H,5,10H2,1-2H3,(H2,19,21). The van der Waals surface area contributed by atoms with Crippen LogP contribution in [0.3, 0.4) is 0 Å². The lowest BCUT2D eigenvalue weighted by Gasteiger charge is -2.19. The number of rotatable bonds is 6. The summed E-state index contributed by atoms with van der Waals surface area (Å²) in [6.07, 6.45) is 6.43. The average molecular weight is 328 g/mol. The number of hydrogen-bond acceptors (Lipinski definition) is 5. The molecule has 1 atom stereocenters. The van der Waals surface area contributed by atoms with Gasteiger partial charge in [-0.25, -0.2) is 0 Å². The van der Waals surface area contributed by atoms with Crippen LogP contribution in [-0.4, -0.2) is 26.2 Å². The van der Waals surface area contributed by atoms with Crippen molar-refractivity contribution in [1.29, 1.82) is 0 Å². The number of fused-ring (bicyclic) bond motifs is 1. The number of hydrogen-bond donors (Lipinski definition) is 2. The highest BCUT2D eigenvalue weighted by molar-refractivity contribution is 5.93. The van der Waals surface area contributed by atoms with E-state index in [9.17, 15) is 4.79 Å². The predicted octanol–water partition coefficient (Wildman–Crippen LogP) is 1.78. The number of nitrogens with two attached hydrogens (primary N) is 1. The topological polar surface area (TPSA) is 82.8 Å². The molecule has 0 spiro atoms. The maximum Gasteiger partial charge on any atom is 0.264 e. The summed E-state index contributed by atoms with van der Waals surface area (Å²) < 4.78 is 16.5. The Labute approximate surface area is 140 Å². The van der Waals surface area contributed by atoms with Gasteiger partial charge in [0, 0.05) is 5.56 Å². The van der Waals surface area contributed by atoms with Gasteiger partial charge in [-0.2, -0.15) is 0 Å². The van der Waals surface area contributed by atoms with Crippen molar-refractivity contribution < 1.29 is 19.0 Å². The SMILES string of the molecule is COc1ccc(OC)c(COC2=CCC3NC(C(N)=O)=CC3=C2)c1. The molecule has 2 aliphatic rings. The van der Waals surface area contributed by atoms with Crippen molar-refractivity contribution in [3.05, 3.63) is 59.0 Å². The molecule has 1 amide bonds. The Morgan fingerprint density at radius 2 is 2.12 bits per heavy atom. The third-order valence-electron chi connectivity index (χ3n) is 4.05. The number of carbonyl (C=O) groups is 1. The van der Waals surface area contributed by atoms with Crippen molar-refractivity contribution in [2.24, 2.45) is 5.73 Å². The van der Waals surface area contributed by atoms with Crippen LogP contribution in [0.2, 0.25) is 0 Å². The molecule has 3 rings (SSSR count). The zero-order chi connectivity index (χ0) is 17.1. The molecule has 126 valence electrons. The van der Waals surface area contributed by atoms with Crippen molar-refractivity contribution in [3.8, 4) is 11.5 Å². The molecule has 0 saturated heterocycles. The minimum absolute atomic E-state index is 0.0891. The van der Waals surface area contributed by atoms with Crippen molar-refractivity contribution >= 4 is 5.91 Å². The summed E-state index contributed by atoms with van der Waals surface area (Å²) >= 11 is 0. The Morgan fingerprint density at radius 3 is 2.83 bits per heavy atom. The van der Waals surface area contributed by atoms with Crippen LogP contribution in [0.4, 0.5) is 0 Å². The number of methoxy groups -OCH3 is 2. The molecule has 1 heterocycles. The number of allylic oxidation sites excluding steroid dienone is 1. The van der Waals surface area contributed by atoms with Crippen LogP contribution in [0.25, 0.3) is 0 Å². The first-order chi connectivity index (χ1) is 11.6. The summed E-state index contributed by atoms with van der Waals surface area (Å²) in [7, 11) is 3.24. The smallest absolute Gasteiger partial charge is 0.264 e. The zero-order valence-electron chi connectivity index (χ0n) is 13.7. The monoisotopic (exact) mass is 328 g/mol. The number of primary amides is 1. The second kappa shape index (κ2) is 6.70. The van der Waals surface area contributed by atoms with Crippen molar-refractivity contribution in [2.75, 3.05) is 14.2 Å². The van der Waals surface area contributed by atoms with Gasteiger partial charge in [-0.15, -0.1) is 0 Å². The van der Waals surface area contributed by atoms with Gasteiger partial charge in [0.25, 0.3) is 5.91 Å². The molecular formula is C18H20N2O4. The van der Waals surface area contributed by atoms with Crippen LogP contribution in [0, 0.1) is 0 Å². The highest BCUT2D eigenvalue weighted by Gasteiger charge is 2.25. The molecule has 6 heteroatoms. The van der Waals surface area contributed by atoms with E-state index in [4.69, 9.17) is 19.9 Å². The minimum atomic E-state index is -0.450. The van der Waals surface area contributed by atoms with Gasteiger partial charge >= 0.3 is 0 Å². The molecule has 0 fully saturated rings. The van der Waals surface area contributed by atoms with Crippen molar-refractivity contribution in [2.45, 2.75) is 19.1 Å². The molecule has 0 saturated carbocycles. The van der Waals surface area contributed by atoms with Crippen LogP contribution < -0.4 is 20.5 Å². The second-order valence-electron chi connectivity index (χ2n) is 5.57. The van der Waals surface area contributed by atoms with Gasteiger partial charge in [0.1, 0.15) is 29.6 Å². The first kappa shape index (κ1) is 16.0. The van der Waals surface area contributed by atoms with Gasteiger partial charge in [0.15, 0.2) is 0 Å². The Kier molecular flexibility index (Phi) is 4.46. The Balaban J connectivity index is 1.71. The van der Waals surface area contributed by atoms with Gasteiger partial charge in [0.2, 0.25) is 0 Å². The first-order valence-electron chi connectivity index (χ1n) is 7.64. The largest absolute Gasteiger partial charge is 0.497 e. The number of amides is 1. The highest BCUT2D eigenvalue weighted by atomic mass is 16.5. The van der Waals surface area contributed by atoms with Crippen molar-refractivity contribution in [3.63, 3.8) is 0 Å². The first-order valence-corrected chi connectivity index (χ1v) is 7.64. The third-order valence-corrected chi connectivity index (χ3v) is 4.05. The van der Waals surface area contributed by atoms with E-state index in [2.05, 4.69) is 5.32 Å². The van der Waals surface area contributed by atoms with E-state index in [1.54, 1.807) is 20.3 Å². The number of carbonyl (C=O) groups excluding carboxylic acids is 1. The molecule has 0 radical (unpaired) electrons. The molecule has 1 aromatic rings. The fourth-order valence-corrected chi connectivity index (χ4v) is 2.77. The van der Waals surface area contributed by atoms with E-state index in [1.807, 2.05) is 30.4 Å². The van der Waals surface area contributed by atoms with Crippen LogP contribution in [0.1, 0.15) is 12.0 Å². The molecule has 0 aromatic heterocycles. The van der Waals surface area contributed by atoms with E-state index < -0.39 is 5.91 Å². The average Bonchev–Trinajstić information content (AvgIpc) is 3.03. The predicted molar refractivity (Wildman–Crippen MR) is 89.3 cm³/mol. The summed E-state index contributed by atoms with van der Waals surface area (Å²) in [5.74, 6) is 1.81. The fourth-order valence-electron chi connectivity index (χ4n) is 2.77. The van der Waals surface area contributed by atoms with Crippen LogP contribution in [0.5, 0.6) is 11.5 Å². The molecule has 6 nitrogen and oxygen atoms in total. The zero-order valence-corrected chi connectivity index (χ0v) is 13.7. The summed E-state index contributed by atoms with van der Waals surface area (Å²) in [5.41, 5.74) is 7.65. The van der Waals surface area contributed by atoms with E-state index in [-0.39, 0.29) is 6.04 Å². The lowest BCUT2D eigenvalue weighted by atomic mass is 10.0. The third kappa shape index (κ3) is 3.22. The van der Waals surface area contributed by atoms with Crippen molar-refractivity contribution in [1.82, 2.24) is 5.32 Å². The van der Waals surface area contributed by atoms with Gasteiger partial charge in [-0.05, 0) is 48.4 Å². The van der Waals surface area contributed by atoms with Gasteiger partial charge in [-0.1, -0.05) is 0 Å². The molecule has 3 N–H and O–H groups in total. The molecule has 0 bridgehead atoms.